The highest BCUT2D eigenvalue weighted by Crippen LogP contribution is 2.25. The van der Waals surface area contributed by atoms with Gasteiger partial charge in [-0.3, -0.25) is 4.98 Å². The third kappa shape index (κ3) is 5.32. The van der Waals surface area contributed by atoms with Gasteiger partial charge in [0.1, 0.15) is 0 Å². The Bertz CT molecular complexity index is 667. The number of rotatable bonds is 9. The van der Waals surface area contributed by atoms with Gasteiger partial charge in [0.15, 0.2) is 0 Å². The van der Waals surface area contributed by atoms with Crippen molar-refractivity contribution >= 4 is 28.2 Å². The number of benzene rings is 1. The van der Waals surface area contributed by atoms with Crippen LogP contribution in [-0.4, -0.2) is 36.1 Å². The maximum atomic E-state index is 6.05. The average Bonchev–Trinajstić information content (AvgIpc) is 3.13. The maximum Gasteiger partial charge on any atom is 0.0737 e. The standard InChI is InChI=1S/C21H25ClN3/c1-2-25(16-17-7-3-4-8-17)14-6-5-12-23-20-11-13-24-21-15-18(22)9-10-19(20)21/h3-4,7-11,13,15H,2,5-6,12,14,16H2,1H3,(H,23,24). The van der Waals surface area contributed by atoms with E-state index < -0.39 is 0 Å². The van der Waals surface area contributed by atoms with Crippen LogP contribution in [-0.2, 0) is 0 Å². The van der Waals surface area contributed by atoms with Crippen LogP contribution >= 0.6 is 11.6 Å². The van der Waals surface area contributed by atoms with Gasteiger partial charge < -0.3 is 10.2 Å². The first-order valence-electron chi connectivity index (χ1n) is 8.97. The van der Waals surface area contributed by atoms with Crippen molar-refractivity contribution in [2.75, 3.05) is 31.5 Å². The largest absolute Gasteiger partial charge is 0.384 e. The fourth-order valence-electron chi connectivity index (χ4n) is 3.09. The summed E-state index contributed by atoms with van der Waals surface area (Å²) in [6, 6.07) is 7.89. The van der Waals surface area contributed by atoms with Gasteiger partial charge in [0, 0.05) is 35.4 Å². The molecule has 1 saturated carbocycles. The SMILES string of the molecule is CCN(CCCCNc1ccnc2cc(Cl)ccc12)C[C]1[CH][CH][CH][CH]1. The fourth-order valence-corrected chi connectivity index (χ4v) is 3.25. The van der Waals surface area contributed by atoms with E-state index in [9.17, 15) is 0 Å². The Hall–Kier alpha value is -1.32. The van der Waals surface area contributed by atoms with Crippen molar-refractivity contribution in [1.82, 2.24) is 9.88 Å². The van der Waals surface area contributed by atoms with Crippen LogP contribution in [0.3, 0.4) is 0 Å². The molecule has 1 fully saturated rings. The molecule has 0 amide bonds. The molecular formula is C21H25ClN3. The van der Waals surface area contributed by atoms with E-state index >= 15 is 0 Å². The van der Waals surface area contributed by atoms with Gasteiger partial charge in [-0.2, -0.15) is 0 Å². The fraction of sp³-hybridized carbons (Fsp3) is 0.333. The number of halogens is 1. The van der Waals surface area contributed by atoms with Gasteiger partial charge in [0.2, 0.25) is 0 Å². The predicted molar refractivity (Wildman–Crippen MR) is 107 cm³/mol. The van der Waals surface area contributed by atoms with Crippen LogP contribution in [0.4, 0.5) is 5.69 Å². The second kappa shape index (κ2) is 9.40. The second-order valence-corrected chi connectivity index (χ2v) is 6.75. The quantitative estimate of drug-likeness (QED) is 0.655. The zero-order valence-corrected chi connectivity index (χ0v) is 15.5. The smallest absolute Gasteiger partial charge is 0.0737 e. The summed E-state index contributed by atoms with van der Waals surface area (Å²) in [7, 11) is 0. The molecule has 4 heteroatoms. The molecule has 1 N–H and O–H groups in total. The minimum Gasteiger partial charge on any atom is -0.384 e. The lowest BCUT2D eigenvalue weighted by molar-refractivity contribution is 0.298. The van der Waals surface area contributed by atoms with Gasteiger partial charge in [0.25, 0.3) is 0 Å². The van der Waals surface area contributed by atoms with E-state index in [4.69, 9.17) is 11.6 Å². The Labute approximate surface area is 156 Å². The van der Waals surface area contributed by atoms with Crippen LogP contribution in [0.1, 0.15) is 19.8 Å². The number of pyridine rings is 1. The van der Waals surface area contributed by atoms with Crippen LogP contribution in [0.2, 0.25) is 5.02 Å². The van der Waals surface area contributed by atoms with E-state index in [-0.39, 0.29) is 0 Å². The second-order valence-electron chi connectivity index (χ2n) is 6.32. The minimum atomic E-state index is 0.724. The summed E-state index contributed by atoms with van der Waals surface area (Å²) in [5.74, 6) is 1.40. The van der Waals surface area contributed by atoms with E-state index in [1.807, 2.05) is 30.5 Å². The van der Waals surface area contributed by atoms with Gasteiger partial charge in [-0.15, -0.1) is 0 Å². The highest BCUT2D eigenvalue weighted by atomic mass is 35.5. The molecule has 3 nitrogen and oxygen atoms in total. The lowest BCUT2D eigenvalue weighted by atomic mass is 10.1. The number of hydrogen-bond donors (Lipinski definition) is 1. The number of unbranched alkanes of at least 4 members (excludes halogenated alkanes) is 1. The molecule has 131 valence electrons. The van der Waals surface area contributed by atoms with Crippen molar-refractivity contribution in [3.63, 3.8) is 0 Å². The van der Waals surface area contributed by atoms with E-state index in [2.05, 4.69) is 47.8 Å². The Kier molecular flexibility index (Phi) is 6.94. The van der Waals surface area contributed by atoms with Crippen molar-refractivity contribution < 1.29 is 0 Å². The molecule has 0 atom stereocenters. The number of anilines is 1. The molecule has 0 aliphatic heterocycles. The Morgan fingerprint density at radius 2 is 1.96 bits per heavy atom. The summed E-state index contributed by atoms with van der Waals surface area (Å²) in [5, 5.41) is 5.39. The molecular weight excluding hydrogens is 330 g/mol. The lowest BCUT2D eigenvalue weighted by Gasteiger charge is -2.23. The maximum absolute atomic E-state index is 6.05. The van der Waals surface area contributed by atoms with Crippen LogP contribution < -0.4 is 5.32 Å². The molecule has 1 aliphatic carbocycles. The molecule has 25 heavy (non-hydrogen) atoms. The van der Waals surface area contributed by atoms with Crippen molar-refractivity contribution in [1.29, 1.82) is 0 Å². The summed E-state index contributed by atoms with van der Waals surface area (Å²) >= 11 is 6.05. The van der Waals surface area contributed by atoms with E-state index in [1.165, 1.54) is 12.3 Å². The zero-order valence-electron chi connectivity index (χ0n) is 14.7. The van der Waals surface area contributed by atoms with Gasteiger partial charge in [-0.1, -0.05) is 18.5 Å². The molecule has 1 aromatic heterocycles. The summed E-state index contributed by atoms with van der Waals surface area (Å²) in [6.45, 7) is 6.47. The molecule has 2 aromatic rings. The number of fused-ring (bicyclic) bond motifs is 1. The molecule has 0 saturated heterocycles. The molecule has 1 aliphatic rings. The molecule has 5 radical (unpaired) electrons. The first kappa shape index (κ1) is 18.5. The third-order valence-electron chi connectivity index (χ3n) is 4.51. The Morgan fingerprint density at radius 1 is 1.12 bits per heavy atom. The number of hydrogen-bond acceptors (Lipinski definition) is 3. The number of aromatic nitrogens is 1. The lowest BCUT2D eigenvalue weighted by Crippen LogP contribution is -2.29. The van der Waals surface area contributed by atoms with Crippen molar-refractivity contribution in [3.05, 3.63) is 67.1 Å². The van der Waals surface area contributed by atoms with Crippen molar-refractivity contribution in [3.8, 4) is 0 Å². The molecule has 0 spiro atoms. The van der Waals surface area contributed by atoms with Crippen molar-refractivity contribution in [2.24, 2.45) is 0 Å². The first-order valence-corrected chi connectivity index (χ1v) is 9.35. The normalized spacial score (nSPS) is 15.3. The summed E-state index contributed by atoms with van der Waals surface area (Å²) in [4.78, 5) is 6.88. The average molecular weight is 355 g/mol. The topological polar surface area (TPSA) is 28.2 Å². The summed E-state index contributed by atoms with van der Waals surface area (Å²) in [6.07, 6.45) is 12.8. The Morgan fingerprint density at radius 3 is 2.76 bits per heavy atom. The number of nitrogens with zero attached hydrogens (tertiary/aromatic N) is 2. The molecule has 1 heterocycles. The van der Waals surface area contributed by atoms with Crippen LogP contribution in [0, 0.1) is 31.6 Å². The van der Waals surface area contributed by atoms with Gasteiger partial charge in [-0.25, -0.2) is 0 Å². The minimum absolute atomic E-state index is 0.724. The van der Waals surface area contributed by atoms with E-state index in [0.717, 1.165) is 54.2 Å². The van der Waals surface area contributed by atoms with Crippen molar-refractivity contribution in [2.45, 2.75) is 19.8 Å². The van der Waals surface area contributed by atoms with Crippen LogP contribution in [0.5, 0.6) is 0 Å². The predicted octanol–water partition coefficient (Wildman–Crippen LogP) is 4.81. The molecule has 0 bridgehead atoms. The number of nitrogens with one attached hydrogen (secondary N) is 1. The molecule has 3 rings (SSSR count). The molecule has 1 aromatic carbocycles. The van der Waals surface area contributed by atoms with Gasteiger partial charge in [-0.05, 0) is 81.8 Å². The highest BCUT2D eigenvalue weighted by Gasteiger charge is 2.19. The third-order valence-corrected chi connectivity index (χ3v) is 4.74. The van der Waals surface area contributed by atoms with Crippen LogP contribution in [0.15, 0.2) is 30.5 Å². The van der Waals surface area contributed by atoms with Gasteiger partial charge >= 0.3 is 0 Å². The Balaban J connectivity index is 1.42. The molecule has 0 unspecified atom stereocenters. The zero-order chi connectivity index (χ0) is 17.5. The highest BCUT2D eigenvalue weighted by molar-refractivity contribution is 6.31. The van der Waals surface area contributed by atoms with Gasteiger partial charge in [0.05, 0.1) is 5.52 Å². The van der Waals surface area contributed by atoms with E-state index in [0.29, 0.717) is 0 Å². The summed E-state index contributed by atoms with van der Waals surface area (Å²) in [5.41, 5.74) is 2.06. The van der Waals surface area contributed by atoms with Crippen LogP contribution in [0.25, 0.3) is 10.9 Å². The first-order chi connectivity index (χ1) is 12.3. The monoisotopic (exact) mass is 354 g/mol. The summed E-state index contributed by atoms with van der Waals surface area (Å²) < 4.78 is 0. The van der Waals surface area contributed by atoms with E-state index in [1.54, 1.807) is 0 Å².